The van der Waals surface area contributed by atoms with Crippen LogP contribution in [0.1, 0.15) is 5.56 Å². The van der Waals surface area contributed by atoms with E-state index in [0.29, 0.717) is 27.6 Å². The third kappa shape index (κ3) is 4.38. The number of hydrogen-bond acceptors (Lipinski definition) is 6. The van der Waals surface area contributed by atoms with Gasteiger partial charge in [-0.05, 0) is 48.9 Å². The monoisotopic (exact) mass is 441 g/mol. The summed E-state index contributed by atoms with van der Waals surface area (Å²) >= 11 is 1.14. The number of carbonyl (C=O) groups excluding carboxylic acids is 1. The van der Waals surface area contributed by atoms with Crippen molar-refractivity contribution in [3.05, 3.63) is 88.8 Å². The molecule has 1 amide bonds. The van der Waals surface area contributed by atoms with Gasteiger partial charge in [-0.25, -0.2) is 14.5 Å². The average molecular weight is 442 g/mol. The number of nitrogens with zero attached hydrogens (tertiary/aromatic N) is 5. The maximum Gasteiger partial charge on any atom is 0.267 e. The predicted molar refractivity (Wildman–Crippen MR) is 125 cm³/mol. The number of rotatable bonds is 6. The molecule has 0 bridgehead atoms. The number of para-hydroxylation sites is 2. The molecule has 8 heteroatoms. The second-order valence-electron chi connectivity index (χ2n) is 7.01. The summed E-state index contributed by atoms with van der Waals surface area (Å²) in [6, 6.07) is 21.8. The number of fused-ring (bicyclic) bond motifs is 1. The van der Waals surface area contributed by atoms with Crippen molar-refractivity contribution >= 4 is 34.3 Å². The fraction of sp³-hybridized carbons (Fsp3) is 0.125. The molecule has 4 rings (SSSR count). The molecule has 2 heterocycles. The summed E-state index contributed by atoms with van der Waals surface area (Å²) in [5.41, 5.74) is 1.89. The Morgan fingerprint density at radius 2 is 1.88 bits per heavy atom. The van der Waals surface area contributed by atoms with E-state index in [1.165, 1.54) is 9.47 Å². The molecule has 0 fully saturated rings. The first kappa shape index (κ1) is 21.3. The van der Waals surface area contributed by atoms with Gasteiger partial charge in [-0.3, -0.25) is 14.5 Å². The highest BCUT2D eigenvalue weighted by molar-refractivity contribution is 7.99. The zero-order valence-electron chi connectivity index (χ0n) is 17.3. The maximum atomic E-state index is 13.3. The lowest BCUT2D eigenvalue weighted by Gasteiger charge is -2.20. The van der Waals surface area contributed by atoms with Gasteiger partial charge >= 0.3 is 0 Å². The zero-order chi connectivity index (χ0) is 22.5. The summed E-state index contributed by atoms with van der Waals surface area (Å²) in [6.45, 7) is 1.85. The summed E-state index contributed by atoms with van der Waals surface area (Å²) in [7, 11) is 0. The number of benzene rings is 2. The van der Waals surface area contributed by atoms with Gasteiger partial charge in [0.1, 0.15) is 12.4 Å². The van der Waals surface area contributed by atoms with Crippen LogP contribution in [0.5, 0.6) is 0 Å². The molecule has 0 spiro atoms. The van der Waals surface area contributed by atoms with E-state index < -0.39 is 0 Å². The highest BCUT2D eigenvalue weighted by Crippen LogP contribution is 2.22. The van der Waals surface area contributed by atoms with Crippen LogP contribution < -0.4 is 10.5 Å². The van der Waals surface area contributed by atoms with Crippen molar-refractivity contribution in [2.24, 2.45) is 0 Å². The Kier molecular flexibility index (Phi) is 6.29. The van der Waals surface area contributed by atoms with Crippen molar-refractivity contribution in [1.29, 1.82) is 5.26 Å². The first-order chi connectivity index (χ1) is 15.6. The van der Waals surface area contributed by atoms with Gasteiger partial charge in [0, 0.05) is 11.9 Å². The fourth-order valence-corrected chi connectivity index (χ4v) is 4.14. The molecule has 0 unspecified atom stereocenters. The Balaban J connectivity index is 1.72. The lowest BCUT2D eigenvalue weighted by Crippen LogP contribution is -2.33. The number of pyridine rings is 1. The van der Waals surface area contributed by atoms with Crippen LogP contribution in [0.25, 0.3) is 16.7 Å². The van der Waals surface area contributed by atoms with E-state index in [0.717, 1.165) is 17.3 Å². The van der Waals surface area contributed by atoms with E-state index in [9.17, 15) is 14.9 Å². The van der Waals surface area contributed by atoms with E-state index in [1.807, 2.05) is 43.3 Å². The molecule has 2 aromatic heterocycles. The van der Waals surface area contributed by atoms with Crippen molar-refractivity contribution in [3.8, 4) is 11.9 Å². The molecule has 4 aromatic rings. The van der Waals surface area contributed by atoms with Gasteiger partial charge in [-0.2, -0.15) is 5.26 Å². The highest BCUT2D eigenvalue weighted by atomic mass is 32.2. The summed E-state index contributed by atoms with van der Waals surface area (Å²) in [5.74, 6) is 0.196. The van der Waals surface area contributed by atoms with Crippen LogP contribution in [0.2, 0.25) is 0 Å². The van der Waals surface area contributed by atoms with Gasteiger partial charge in [0.05, 0.1) is 22.7 Å². The molecule has 0 aliphatic carbocycles. The van der Waals surface area contributed by atoms with E-state index in [1.54, 1.807) is 42.6 Å². The van der Waals surface area contributed by atoms with Crippen LogP contribution in [0.15, 0.2) is 82.9 Å². The zero-order valence-corrected chi connectivity index (χ0v) is 18.1. The Morgan fingerprint density at radius 3 is 2.62 bits per heavy atom. The van der Waals surface area contributed by atoms with Crippen molar-refractivity contribution in [2.75, 3.05) is 17.2 Å². The number of hydrogen-bond donors (Lipinski definition) is 0. The topological polar surface area (TPSA) is 91.9 Å². The Hall–Kier alpha value is -3.96. The van der Waals surface area contributed by atoms with Crippen molar-refractivity contribution in [1.82, 2.24) is 14.5 Å². The minimum Gasteiger partial charge on any atom is -0.298 e. The predicted octanol–water partition coefficient (Wildman–Crippen LogP) is 3.74. The molecule has 0 saturated carbocycles. The van der Waals surface area contributed by atoms with E-state index >= 15 is 0 Å². The summed E-state index contributed by atoms with van der Waals surface area (Å²) in [4.78, 5) is 36.7. The van der Waals surface area contributed by atoms with Crippen molar-refractivity contribution in [3.63, 3.8) is 0 Å². The molecule has 32 heavy (non-hydrogen) atoms. The normalized spacial score (nSPS) is 10.6. The molecular weight excluding hydrogens is 422 g/mol. The summed E-state index contributed by atoms with van der Waals surface area (Å²) < 4.78 is 1.43. The minimum absolute atomic E-state index is 0.00711. The van der Waals surface area contributed by atoms with Crippen LogP contribution in [0, 0.1) is 18.3 Å². The van der Waals surface area contributed by atoms with Gasteiger partial charge < -0.3 is 0 Å². The SMILES string of the molecule is Cc1ccnc(-n2c(SCC(=O)N(CC#N)c3ccccc3)nc3ccccc3c2=O)c1. The molecule has 0 aliphatic rings. The largest absolute Gasteiger partial charge is 0.298 e. The van der Waals surface area contributed by atoms with Crippen LogP contribution in [-0.2, 0) is 4.79 Å². The molecule has 158 valence electrons. The summed E-state index contributed by atoms with van der Waals surface area (Å²) in [5, 5.41) is 10.0. The third-order valence-electron chi connectivity index (χ3n) is 4.80. The number of thioether (sulfide) groups is 1. The standard InChI is InChI=1S/C24H19N5O2S/c1-17-11-13-26-21(15-17)29-23(31)19-9-5-6-10-20(19)27-24(29)32-16-22(30)28(14-12-25)18-7-3-2-4-8-18/h2-11,13,15H,14,16H2,1H3. The molecule has 2 aromatic carbocycles. The quantitative estimate of drug-likeness (QED) is 0.257. The molecule has 0 saturated heterocycles. The van der Waals surface area contributed by atoms with Gasteiger partial charge in [0.15, 0.2) is 5.16 Å². The number of nitriles is 1. The van der Waals surface area contributed by atoms with Crippen LogP contribution >= 0.6 is 11.8 Å². The second kappa shape index (κ2) is 9.45. The van der Waals surface area contributed by atoms with E-state index in [2.05, 4.69) is 9.97 Å². The van der Waals surface area contributed by atoms with Crippen molar-refractivity contribution in [2.45, 2.75) is 12.1 Å². The summed E-state index contributed by atoms with van der Waals surface area (Å²) in [6.07, 6.45) is 1.63. The molecule has 0 N–H and O–H groups in total. The maximum absolute atomic E-state index is 13.3. The molecule has 0 atom stereocenters. The van der Waals surface area contributed by atoms with Gasteiger partial charge in [0.2, 0.25) is 5.91 Å². The number of aryl methyl sites for hydroxylation is 1. The lowest BCUT2D eigenvalue weighted by atomic mass is 10.2. The molecule has 7 nitrogen and oxygen atoms in total. The second-order valence-corrected chi connectivity index (χ2v) is 7.95. The minimum atomic E-state index is -0.256. The van der Waals surface area contributed by atoms with E-state index in [-0.39, 0.29) is 23.8 Å². The van der Waals surface area contributed by atoms with Gasteiger partial charge in [-0.15, -0.1) is 0 Å². The lowest BCUT2D eigenvalue weighted by molar-refractivity contribution is -0.116. The fourth-order valence-electron chi connectivity index (χ4n) is 3.26. The third-order valence-corrected chi connectivity index (χ3v) is 5.72. The average Bonchev–Trinajstić information content (AvgIpc) is 2.81. The van der Waals surface area contributed by atoms with Crippen LogP contribution in [-0.4, -0.2) is 32.7 Å². The Bertz CT molecular complexity index is 1380. The van der Waals surface area contributed by atoms with Gasteiger partial charge in [0.25, 0.3) is 5.56 Å². The van der Waals surface area contributed by atoms with Crippen LogP contribution in [0.3, 0.4) is 0 Å². The van der Waals surface area contributed by atoms with Crippen molar-refractivity contribution < 1.29 is 4.79 Å². The molecular formula is C24H19N5O2S. The Labute approximate surface area is 189 Å². The highest BCUT2D eigenvalue weighted by Gasteiger charge is 2.19. The number of carbonyl (C=O) groups is 1. The first-order valence-electron chi connectivity index (χ1n) is 9.88. The number of amides is 1. The number of anilines is 1. The number of aromatic nitrogens is 3. The smallest absolute Gasteiger partial charge is 0.267 e. The van der Waals surface area contributed by atoms with E-state index in [4.69, 9.17) is 0 Å². The molecule has 0 aliphatic heterocycles. The van der Waals surface area contributed by atoms with Crippen LogP contribution in [0.4, 0.5) is 5.69 Å². The first-order valence-corrected chi connectivity index (χ1v) is 10.9. The Morgan fingerprint density at radius 1 is 1.12 bits per heavy atom. The molecule has 0 radical (unpaired) electrons. The van der Waals surface area contributed by atoms with Gasteiger partial charge in [-0.1, -0.05) is 42.1 Å².